The van der Waals surface area contributed by atoms with Crippen LogP contribution >= 0.6 is 11.3 Å². The minimum Gasteiger partial charge on any atom is -0.486 e. The summed E-state index contributed by atoms with van der Waals surface area (Å²) in [6.45, 7) is -0.125. The summed E-state index contributed by atoms with van der Waals surface area (Å²) in [4.78, 5) is 20.8. The van der Waals surface area contributed by atoms with E-state index < -0.39 is 16.7 Å². The van der Waals surface area contributed by atoms with E-state index in [4.69, 9.17) is 9.84 Å². The molecule has 0 atom stereocenters. The topological polar surface area (TPSA) is 89.7 Å². The second-order valence-corrected chi connectivity index (χ2v) is 4.66. The van der Waals surface area contributed by atoms with E-state index in [1.807, 2.05) is 0 Å². The molecule has 1 aromatic heterocycles. The first-order valence-corrected chi connectivity index (χ1v) is 6.23. The van der Waals surface area contributed by atoms with Gasteiger partial charge in [0.2, 0.25) is 0 Å². The Hall–Kier alpha value is -2.48. The quantitative estimate of drug-likeness (QED) is 0.676. The van der Waals surface area contributed by atoms with Gasteiger partial charge in [0.1, 0.15) is 11.5 Å². The van der Waals surface area contributed by atoms with E-state index in [1.54, 1.807) is 11.4 Å². The number of hydrogen-bond acceptors (Lipinski definition) is 5. The first kappa shape index (κ1) is 13.9. The fourth-order valence-corrected chi connectivity index (χ4v) is 2.26. The summed E-state index contributed by atoms with van der Waals surface area (Å²) in [5.41, 5.74) is 0.0388. The zero-order valence-electron chi connectivity index (χ0n) is 9.91. The predicted molar refractivity (Wildman–Crippen MR) is 68.7 cm³/mol. The number of rotatable bonds is 5. The van der Waals surface area contributed by atoms with Crippen molar-refractivity contribution in [2.75, 3.05) is 0 Å². The van der Waals surface area contributed by atoms with Crippen molar-refractivity contribution in [3.05, 3.63) is 56.0 Å². The van der Waals surface area contributed by atoms with Gasteiger partial charge in [-0.3, -0.25) is 10.1 Å². The predicted octanol–water partition coefficient (Wildman–Crippen LogP) is 3.07. The van der Waals surface area contributed by atoms with E-state index >= 15 is 0 Å². The number of benzene rings is 1. The van der Waals surface area contributed by atoms with Crippen LogP contribution in [0.4, 0.5) is 10.1 Å². The molecule has 0 aliphatic rings. The number of carboxylic acid groups (broad SMARTS) is 1. The van der Waals surface area contributed by atoms with Gasteiger partial charge in [-0.2, -0.15) is 0 Å². The van der Waals surface area contributed by atoms with Crippen molar-refractivity contribution in [3.63, 3.8) is 0 Å². The largest absolute Gasteiger partial charge is 0.486 e. The van der Waals surface area contributed by atoms with Gasteiger partial charge in [-0.25, -0.2) is 9.18 Å². The Bertz CT molecular complexity index is 670. The van der Waals surface area contributed by atoms with Crippen molar-refractivity contribution < 1.29 is 24.0 Å². The fourth-order valence-electron chi connectivity index (χ4n) is 1.51. The van der Waals surface area contributed by atoms with Crippen LogP contribution in [-0.4, -0.2) is 16.0 Å². The lowest BCUT2D eigenvalue weighted by atomic mass is 10.2. The van der Waals surface area contributed by atoms with Gasteiger partial charge in [0, 0.05) is 11.6 Å². The van der Waals surface area contributed by atoms with Crippen LogP contribution in [0.5, 0.6) is 5.75 Å². The maximum atomic E-state index is 13.6. The molecule has 20 heavy (non-hydrogen) atoms. The zero-order valence-corrected chi connectivity index (χ0v) is 10.7. The number of aromatic carboxylic acids is 1. The van der Waals surface area contributed by atoms with Gasteiger partial charge in [-0.05, 0) is 17.5 Å². The zero-order chi connectivity index (χ0) is 14.7. The first-order valence-electron chi connectivity index (χ1n) is 5.35. The highest BCUT2D eigenvalue weighted by Gasteiger charge is 2.15. The van der Waals surface area contributed by atoms with Gasteiger partial charge >= 0.3 is 5.97 Å². The van der Waals surface area contributed by atoms with Crippen molar-refractivity contribution in [3.8, 4) is 5.75 Å². The van der Waals surface area contributed by atoms with Crippen LogP contribution in [0.1, 0.15) is 15.2 Å². The third-order valence-corrected chi connectivity index (χ3v) is 3.40. The van der Waals surface area contributed by atoms with Crippen molar-refractivity contribution in [1.29, 1.82) is 0 Å². The van der Waals surface area contributed by atoms with Crippen molar-refractivity contribution >= 4 is 23.0 Å². The summed E-state index contributed by atoms with van der Waals surface area (Å²) in [6.07, 6.45) is 0. The average Bonchev–Trinajstić information content (AvgIpc) is 2.85. The highest BCUT2D eigenvalue weighted by Crippen LogP contribution is 2.24. The summed E-state index contributed by atoms with van der Waals surface area (Å²) in [5, 5.41) is 21.0. The van der Waals surface area contributed by atoms with Gasteiger partial charge < -0.3 is 9.84 Å². The molecule has 0 aliphatic heterocycles. The van der Waals surface area contributed by atoms with Crippen LogP contribution in [0.3, 0.4) is 0 Å². The Balaban J connectivity index is 2.13. The van der Waals surface area contributed by atoms with Crippen LogP contribution in [0.2, 0.25) is 0 Å². The molecule has 0 spiro atoms. The maximum Gasteiger partial charge on any atom is 0.346 e. The van der Waals surface area contributed by atoms with E-state index in [0.29, 0.717) is 5.56 Å². The number of nitro benzene ring substituents is 1. The third-order valence-electron chi connectivity index (χ3n) is 2.45. The number of non-ortho nitro benzene ring substituents is 1. The molecule has 0 saturated carbocycles. The summed E-state index contributed by atoms with van der Waals surface area (Å²) >= 11 is 1.04. The smallest absolute Gasteiger partial charge is 0.346 e. The van der Waals surface area contributed by atoms with Crippen molar-refractivity contribution in [1.82, 2.24) is 0 Å². The number of nitrogens with zero attached hydrogens (tertiary/aromatic N) is 1. The fraction of sp³-hybridized carbons (Fsp3) is 0.0833. The Labute approximate surface area is 116 Å². The van der Waals surface area contributed by atoms with Gasteiger partial charge in [0.15, 0.2) is 11.6 Å². The van der Waals surface area contributed by atoms with E-state index in [2.05, 4.69) is 0 Å². The van der Waals surface area contributed by atoms with E-state index in [9.17, 15) is 19.3 Å². The normalized spacial score (nSPS) is 10.2. The molecule has 104 valence electrons. The Morgan fingerprint density at radius 2 is 2.20 bits per heavy atom. The van der Waals surface area contributed by atoms with Gasteiger partial charge in [0.05, 0.1) is 11.0 Å². The molecule has 1 heterocycles. The van der Waals surface area contributed by atoms with Gasteiger partial charge in [0.25, 0.3) is 5.69 Å². The summed E-state index contributed by atoms with van der Waals surface area (Å²) in [6, 6.07) is 4.57. The van der Waals surface area contributed by atoms with Gasteiger partial charge in [-0.15, -0.1) is 11.3 Å². The Kier molecular flexibility index (Phi) is 3.94. The molecule has 1 aromatic carbocycles. The molecule has 0 unspecified atom stereocenters. The molecule has 2 aromatic rings. The highest BCUT2D eigenvalue weighted by atomic mass is 32.1. The molecule has 0 amide bonds. The van der Waals surface area contributed by atoms with Crippen LogP contribution in [0, 0.1) is 15.9 Å². The van der Waals surface area contributed by atoms with Crippen LogP contribution in [-0.2, 0) is 6.61 Å². The number of nitro groups is 1. The van der Waals surface area contributed by atoms with E-state index in [1.165, 1.54) is 0 Å². The molecule has 0 fully saturated rings. The molecule has 0 saturated heterocycles. The molecular weight excluding hydrogens is 289 g/mol. The molecule has 0 aliphatic carbocycles. The van der Waals surface area contributed by atoms with Gasteiger partial charge in [-0.1, -0.05) is 0 Å². The number of thiophene rings is 1. The standard InChI is InChI=1S/C12H8FNO5S/c13-9-5-8(14(17)18)1-2-10(9)19-6-7-3-4-20-11(7)12(15)16/h1-5H,6H2,(H,15,16). The molecular formula is C12H8FNO5S. The molecule has 0 bridgehead atoms. The average molecular weight is 297 g/mol. The number of ether oxygens (including phenoxy) is 1. The van der Waals surface area contributed by atoms with Crippen molar-refractivity contribution in [2.24, 2.45) is 0 Å². The summed E-state index contributed by atoms with van der Waals surface area (Å²) < 4.78 is 18.7. The second kappa shape index (κ2) is 5.66. The highest BCUT2D eigenvalue weighted by molar-refractivity contribution is 7.12. The number of carbonyl (C=O) groups is 1. The summed E-state index contributed by atoms with van der Waals surface area (Å²) in [7, 11) is 0. The Morgan fingerprint density at radius 3 is 2.80 bits per heavy atom. The third kappa shape index (κ3) is 2.91. The Morgan fingerprint density at radius 1 is 1.45 bits per heavy atom. The minimum absolute atomic E-state index is 0.118. The lowest BCUT2D eigenvalue weighted by Gasteiger charge is -2.06. The molecule has 2 rings (SSSR count). The lowest BCUT2D eigenvalue weighted by Crippen LogP contribution is -2.02. The van der Waals surface area contributed by atoms with Crippen molar-refractivity contribution in [2.45, 2.75) is 6.61 Å². The molecule has 8 heteroatoms. The second-order valence-electron chi connectivity index (χ2n) is 3.74. The monoisotopic (exact) mass is 297 g/mol. The number of carboxylic acids is 1. The van der Waals surface area contributed by atoms with Crippen LogP contribution < -0.4 is 4.74 Å². The van der Waals surface area contributed by atoms with E-state index in [-0.39, 0.29) is 22.9 Å². The molecule has 6 nitrogen and oxygen atoms in total. The lowest BCUT2D eigenvalue weighted by molar-refractivity contribution is -0.385. The van der Waals surface area contributed by atoms with Crippen LogP contribution in [0.25, 0.3) is 0 Å². The maximum absolute atomic E-state index is 13.6. The van der Waals surface area contributed by atoms with Crippen LogP contribution in [0.15, 0.2) is 29.6 Å². The summed E-state index contributed by atoms with van der Waals surface area (Å²) in [5.74, 6) is -2.12. The molecule has 1 N–H and O–H groups in total. The minimum atomic E-state index is -1.08. The number of hydrogen-bond donors (Lipinski definition) is 1. The number of halogens is 1. The SMILES string of the molecule is O=C(O)c1sccc1COc1ccc([N+](=O)[O-])cc1F. The first-order chi connectivity index (χ1) is 9.49. The van der Waals surface area contributed by atoms with E-state index in [0.717, 1.165) is 29.5 Å². The molecule has 0 radical (unpaired) electrons.